The molecule has 2 rings (SSSR count). The van der Waals surface area contributed by atoms with Gasteiger partial charge in [0.2, 0.25) is 11.8 Å². The molecule has 1 aromatic rings. The maximum Gasteiger partial charge on any atom is 0.233 e. The second-order valence-electron chi connectivity index (χ2n) is 5.10. The Morgan fingerprint density at radius 3 is 2.50 bits per heavy atom. The van der Waals surface area contributed by atoms with Crippen molar-refractivity contribution in [1.82, 2.24) is 10.2 Å². The molecule has 78 valence electrons. The van der Waals surface area contributed by atoms with Crippen molar-refractivity contribution in [3.8, 4) is 0 Å². The minimum Gasteiger partial charge on any atom is -0.423 e. The molecule has 0 aromatic carbocycles. The second kappa shape index (κ2) is 3.05. The van der Waals surface area contributed by atoms with Gasteiger partial charge in [0, 0.05) is 5.92 Å². The normalized spacial score (nSPS) is 19.7. The summed E-state index contributed by atoms with van der Waals surface area (Å²) < 4.78 is 5.55. The van der Waals surface area contributed by atoms with Crippen molar-refractivity contribution in [3.05, 3.63) is 11.8 Å². The largest absolute Gasteiger partial charge is 0.423 e. The van der Waals surface area contributed by atoms with Gasteiger partial charge < -0.3 is 10.2 Å². The molecule has 4 heteroatoms. The Hall–Kier alpha value is -0.900. The quantitative estimate of drug-likeness (QED) is 0.783. The maximum absolute atomic E-state index is 6.01. The van der Waals surface area contributed by atoms with E-state index < -0.39 is 0 Å². The summed E-state index contributed by atoms with van der Waals surface area (Å²) in [6.45, 7) is 6.20. The summed E-state index contributed by atoms with van der Waals surface area (Å²) >= 11 is 0. The van der Waals surface area contributed by atoms with E-state index in [-0.39, 0.29) is 11.5 Å². The molecule has 1 unspecified atom stereocenters. The molecule has 14 heavy (non-hydrogen) atoms. The van der Waals surface area contributed by atoms with Crippen LogP contribution in [0.25, 0.3) is 0 Å². The van der Waals surface area contributed by atoms with E-state index in [1.54, 1.807) is 0 Å². The van der Waals surface area contributed by atoms with E-state index in [2.05, 4.69) is 31.0 Å². The third-order valence-corrected chi connectivity index (χ3v) is 2.58. The summed E-state index contributed by atoms with van der Waals surface area (Å²) in [5, 5.41) is 8.02. The van der Waals surface area contributed by atoms with Crippen LogP contribution in [-0.2, 0) is 0 Å². The van der Waals surface area contributed by atoms with Crippen LogP contribution in [0.4, 0.5) is 0 Å². The molecule has 1 aliphatic rings. The van der Waals surface area contributed by atoms with Gasteiger partial charge in [-0.2, -0.15) is 0 Å². The van der Waals surface area contributed by atoms with Crippen molar-refractivity contribution in [3.63, 3.8) is 0 Å². The van der Waals surface area contributed by atoms with Gasteiger partial charge in [-0.1, -0.05) is 20.8 Å². The van der Waals surface area contributed by atoms with Crippen LogP contribution in [0.1, 0.15) is 57.4 Å². The van der Waals surface area contributed by atoms with Crippen molar-refractivity contribution >= 4 is 0 Å². The van der Waals surface area contributed by atoms with Gasteiger partial charge in [0.15, 0.2) is 0 Å². The molecule has 1 fully saturated rings. The van der Waals surface area contributed by atoms with Crippen LogP contribution in [0.3, 0.4) is 0 Å². The maximum atomic E-state index is 6.01. The van der Waals surface area contributed by atoms with E-state index in [4.69, 9.17) is 10.2 Å². The predicted octanol–water partition coefficient (Wildman–Crippen LogP) is 1.99. The van der Waals surface area contributed by atoms with Crippen LogP contribution < -0.4 is 5.73 Å². The lowest BCUT2D eigenvalue weighted by atomic mass is 9.87. The first-order valence-electron chi connectivity index (χ1n) is 5.07. The summed E-state index contributed by atoms with van der Waals surface area (Å²) in [5.74, 6) is 1.84. The van der Waals surface area contributed by atoms with Crippen molar-refractivity contribution in [2.75, 3.05) is 0 Å². The number of rotatable bonds is 2. The molecular weight excluding hydrogens is 178 g/mol. The SMILES string of the molecule is CC(C)(C)C(N)c1nnc(C2CC2)o1. The topological polar surface area (TPSA) is 64.9 Å². The molecule has 0 saturated heterocycles. The first-order valence-corrected chi connectivity index (χ1v) is 5.07. The first-order chi connectivity index (χ1) is 6.48. The number of nitrogens with zero attached hydrogens (tertiary/aromatic N) is 2. The first kappa shape index (κ1) is 9.65. The lowest BCUT2D eigenvalue weighted by molar-refractivity contribution is 0.272. The predicted molar refractivity (Wildman–Crippen MR) is 52.7 cm³/mol. The van der Waals surface area contributed by atoms with Gasteiger partial charge in [0.1, 0.15) is 0 Å². The molecule has 1 aliphatic carbocycles. The van der Waals surface area contributed by atoms with Crippen LogP contribution >= 0.6 is 0 Å². The molecule has 1 saturated carbocycles. The van der Waals surface area contributed by atoms with Gasteiger partial charge in [-0.15, -0.1) is 10.2 Å². The van der Waals surface area contributed by atoms with Crippen LogP contribution in [0.15, 0.2) is 4.42 Å². The molecule has 1 atom stereocenters. The van der Waals surface area contributed by atoms with Crippen LogP contribution in [0, 0.1) is 5.41 Å². The third kappa shape index (κ3) is 1.80. The van der Waals surface area contributed by atoms with E-state index in [1.165, 1.54) is 12.8 Å². The average molecular weight is 195 g/mol. The minimum absolute atomic E-state index is 0.0344. The Labute approximate surface area is 83.9 Å². The molecule has 1 heterocycles. The Balaban J connectivity index is 2.15. The zero-order valence-corrected chi connectivity index (χ0v) is 8.95. The zero-order chi connectivity index (χ0) is 10.3. The summed E-state index contributed by atoms with van der Waals surface area (Å²) in [6, 6.07) is -0.178. The lowest BCUT2D eigenvalue weighted by Gasteiger charge is -2.23. The van der Waals surface area contributed by atoms with Gasteiger partial charge in [-0.25, -0.2) is 0 Å². The highest BCUT2D eigenvalue weighted by atomic mass is 16.4. The zero-order valence-electron chi connectivity index (χ0n) is 8.95. The molecule has 0 bridgehead atoms. The Kier molecular flexibility index (Phi) is 2.10. The van der Waals surface area contributed by atoms with Crippen LogP contribution in [0.2, 0.25) is 0 Å². The Morgan fingerprint density at radius 2 is 2.00 bits per heavy atom. The van der Waals surface area contributed by atoms with Gasteiger partial charge >= 0.3 is 0 Å². The Bertz CT molecular complexity index is 322. The summed E-state index contributed by atoms with van der Waals surface area (Å²) in [6.07, 6.45) is 2.35. The van der Waals surface area contributed by atoms with Crippen molar-refractivity contribution < 1.29 is 4.42 Å². The number of nitrogens with two attached hydrogens (primary N) is 1. The van der Waals surface area contributed by atoms with Crippen LogP contribution in [0.5, 0.6) is 0 Å². The van der Waals surface area contributed by atoms with E-state index in [0.29, 0.717) is 11.8 Å². The number of hydrogen-bond donors (Lipinski definition) is 1. The van der Waals surface area contributed by atoms with Gasteiger partial charge in [0.05, 0.1) is 6.04 Å². The smallest absolute Gasteiger partial charge is 0.233 e. The van der Waals surface area contributed by atoms with Crippen LogP contribution in [-0.4, -0.2) is 10.2 Å². The van der Waals surface area contributed by atoms with Crippen molar-refractivity contribution in [2.45, 2.75) is 45.6 Å². The van der Waals surface area contributed by atoms with E-state index >= 15 is 0 Å². The summed E-state index contributed by atoms with van der Waals surface area (Å²) in [5.41, 5.74) is 5.98. The lowest BCUT2D eigenvalue weighted by Crippen LogP contribution is -2.26. The molecule has 0 amide bonds. The second-order valence-corrected chi connectivity index (χ2v) is 5.10. The highest BCUT2D eigenvalue weighted by Crippen LogP contribution is 2.40. The molecule has 2 N–H and O–H groups in total. The summed E-state index contributed by atoms with van der Waals surface area (Å²) in [7, 11) is 0. The summed E-state index contributed by atoms with van der Waals surface area (Å²) in [4.78, 5) is 0. The highest BCUT2D eigenvalue weighted by Gasteiger charge is 2.32. The van der Waals surface area contributed by atoms with Crippen molar-refractivity contribution in [2.24, 2.45) is 11.1 Å². The van der Waals surface area contributed by atoms with Gasteiger partial charge in [-0.3, -0.25) is 0 Å². The molecule has 0 aliphatic heterocycles. The third-order valence-electron chi connectivity index (χ3n) is 2.58. The average Bonchev–Trinajstić information content (AvgIpc) is 2.82. The monoisotopic (exact) mass is 195 g/mol. The fourth-order valence-electron chi connectivity index (χ4n) is 1.24. The number of aromatic nitrogens is 2. The molecule has 4 nitrogen and oxygen atoms in total. The molecule has 1 aromatic heterocycles. The molecule has 0 radical (unpaired) electrons. The van der Waals surface area contributed by atoms with E-state index in [0.717, 1.165) is 5.89 Å². The Morgan fingerprint density at radius 1 is 1.36 bits per heavy atom. The number of hydrogen-bond acceptors (Lipinski definition) is 4. The van der Waals surface area contributed by atoms with Crippen molar-refractivity contribution in [1.29, 1.82) is 0 Å². The van der Waals surface area contributed by atoms with E-state index in [1.807, 2.05) is 0 Å². The fourth-order valence-corrected chi connectivity index (χ4v) is 1.24. The highest BCUT2D eigenvalue weighted by molar-refractivity contribution is 5.02. The van der Waals surface area contributed by atoms with Gasteiger partial charge in [-0.05, 0) is 18.3 Å². The van der Waals surface area contributed by atoms with Gasteiger partial charge in [0.25, 0.3) is 0 Å². The molecule has 0 spiro atoms. The standard InChI is InChI=1S/C10H17N3O/c1-10(2,3)7(11)9-13-12-8(14-9)6-4-5-6/h6-7H,4-5,11H2,1-3H3. The van der Waals surface area contributed by atoms with E-state index in [9.17, 15) is 0 Å². The molecular formula is C10H17N3O. The minimum atomic E-state index is -0.178. The fraction of sp³-hybridized carbons (Fsp3) is 0.800.